The molecule has 1 aromatic carbocycles. The highest BCUT2D eigenvalue weighted by Gasteiger charge is 2.05. The molecule has 4 heteroatoms. The maximum atomic E-state index is 11.0. The van der Waals surface area contributed by atoms with Crippen LogP contribution in [0, 0.1) is 0 Å². The summed E-state index contributed by atoms with van der Waals surface area (Å²) >= 11 is 0. The third-order valence-electron chi connectivity index (χ3n) is 2.30. The van der Waals surface area contributed by atoms with E-state index in [1.165, 1.54) is 6.92 Å². The summed E-state index contributed by atoms with van der Waals surface area (Å²) in [6, 6.07) is 6.03. The van der Waals surface area contributed by atoms with E-state index < -0.39 is 0 Å². The number of anilines is 1. The van der Waals surface area contributed by atoms with Gasteiger partial charge in [-0.05, 0) is 18.2 Å². The molecule has 0 aliphatic carbocycles. The molecule has 0 aliphatic heterocycles. The van der Waals surface area contributed by atoms with Gasteiger partial charge < -0.3 is 15.4 Å². The highest BCUT2D eigenvalue weighted by atomic mass is 16.5. The van der Waals surface area contributed by atoms with E-state index in [0.29, 0.717) is 12.6 Å². The first-order valence-electron chi connectivity index (χ1n) is 5.71. The zero-order valence-corrected chi connectivity index (χ0v) is 10.8. The highest BCUT2D eigenvalue weighted by molar-refractivity contribution is 5.88. The van der Waals surface area contributed by atoms with Gasteiger partial charge in [0.25, 0.3) is 0 Å². The lowest BCUT2D eigenvalue weighted by Gasteiger charge is -2.13. The third-order valence-corrected chi connectivity index (χ3v) is 2.30. The Morgan fingerprint density at radius 3 is 2.65 bits per heavy atom. The molecule has 0 fully saturated rings. The monoisotopic (exact) mass is 236 g/mol. The second kappa shape index (κ2) is 6.25. The Labute approximate surface area is 102 Å². The van der Waals surface area contributed by atoms with Crippen molar-refractivity contribution in [3.05, 3.63) is 23.8 Å². The van der Waals surface area contributed by atoms with Crippen LogP contribution in [0.1, 0.15) is 26.3 Å². The van der Waals surface area contributed by atoms with E-state index in [9.17, 15) is 4.79 Å². The van der Waals surface area contributed by atoms with Gasteiger partial charge in [-0.3, -0.25) is 4.79 Å². The first kappa shape index (κ1) is 13.5. The maximum Gasteiger partial charge on any atom is 0.221 e. The number of hydrogen-bond acceptors (Lipinski definition) is 3. The van der Waals surface area contributed by atoms with Gasteiger partial charge in [0.15, 0.2) is 0 Å². The first-order chi connectivity index (χ1) is 8.02. The number of hydrogen-bond donors (Lipinski definition) is 2. The van der Waals surface area contributed by atoms with Gasteiger partial charge in [0, 0.05) is 30.8 Å². The van der Waals surface area contributed by atoms with Crippen molar-refractivity contribution in [1.82, 2.24) is 5.32 Å². The molecule has 94 valence electrons. The highest BCUT2D eigenvalue weighted by Crippen LogP contribution is 2.22. The summed E-state index contributed by atoms with van der Waals surface area (Å²) < 4.78 is 5.28. The molecule has 0 heterocycles. The largest absolute Gasteiger partial charge is 0.496 e. The van der Waals surface area contributed by atoms with Crippen molar-refractivity contribution in [3.63, 3.8) is 0 Å². The van der Waals surface area contributed by atoms with Crippen LogP contribution in [0.2, 0.25) is 0 Å². The van der Waals surface area contributed by atoms with Crippen LogP contribution in [-0.2, 0) is 11.3 Å². The average Bonchev–Trinajstić information content (AvgIpc) is 2.25. The van der Waals surface area contributed by atoms with Crippen molar-refractivity contribution >= 4 is 11.6 Å². The number of carbonyl (C=O) groups excluding carboxylic acids is 1. The van der Waals surface area contributed by atoms with Crippen molar-refractivity contribution in [3.8, 4) is 5.75 Å². The summed E-state index contributed by atoms with van der Waals surface area (Å²) in [5.74, 6) is 0.755. The second-order valence-corrected chi connectivity index (χ2v) is 4.24. The fourth-order valence-corrected chi connectivity index (χ4v) is 1.51. The number of methoxy groups -OCH3 is 1. The van der Waals surface area contributed by atoms with Gasteiger partial charge in [-0.2, -0.15) is 0 Å². The molecule has 17 heavy (non-hydrogen) atoms. The van der Waals surface area contributed by atoms with E-state index in [-0.39, 0.29) is 5.91 Å². The summed E-state index contributed by atoms with van der Waals surface area (Å²) in [6.45, 7) is 6.39. The lowest BCUT2D eigenvalue weighted by Crippen LogP contribution is -2.22. The van der Waals surface area contributed by atoms with Crippen LogP contribution in [0.4, 0.5) is 5.69 Å². The maximum absolute atomic E-state index is 11.0. The number of ether oxygens (including phenoxy) is 1. The minimum absolute atomic E-state index is 0.0714. The molecule has 0 atom stereocenters. The van der Waals surface area contributed by atoms with Gasteiger partial charge in [0.05, 0.1) is 7.11 Å². The fourth-order valence-electron chi connectivity index (χ4n) is 1.51. The van der Waals surface area contributed by atoms with Gasteiger partial charge in [-0.1, -0.05) is 13.8 Å². The van der Waals surface area contributed by atoms with Crippen LogP contribution < -0.4 is 15.4 Å². The molecule has 0 saturated carbocycles. The first-order valence-corrected chi connectivity index (χ1v) is 5.71. The molecule has 0 saturated heterocycles. The van der Waals surface area contributed by atoms with Crippen LogP contribution >= 0.6 is 0 Å². The minimum Gasteiger partial charge on any atom is -0.496 e. The van der Waals surface area contributed by atoms with Crippen molar-refractivity contribution in [2.24, 2.45) is 0 Å². The second-order valence-electron chi connectivity index (χ2n) is 4.24. The summed E-state index contributed by atoms with van der Waals surface area (Å²) in [4.78, 5) is 11.0. The summed E-state index contributed by atoms with van der Waals surface area (Å²) in [7, 11) is 1.65. The molecule has 0 aromatic heterocycles. The predicted molar refractivity (Wildman–Crippen MR) is 69.3 cm³/mol. The molecule has 2 N–H and O–H groups in total. The van der Waals surface area contributed by atoms with Gasteiger partial charge in [0.2, 0.25) is 5.91 Å². The van der Waals surface area contributed by atoms with Gasteiger partial charge >= 0.3 is 0 Å². The van der Waals surface area contributed by atoms with Crippen LogP contribution in [0.5, 0.6) is 5.75 Å². The van der Waals surface area contributed by atoms with E-state index in [2.05, 4.69) is 24.5 Å². The fraction of sp³-hybridized carbons (Fsp3) is 0.462. The Morgan fingerprint density at radius 2 is 2.12 bits per heavy atom. The van der Waals surface area contributed by atoms with E-state index >= 15 is 0 Å². The van der Waals surface area contributed by atoms with Crippen LogP contribution in [0.15, 0.2) is 18.2 Å². The molecule has 1 amide bonds. The number of nitrogens with one attached hydrogen (secondary N) is 2. The molecule has 0 aliphatic rings. The number of amides is 1. The molecular weight excluding hydrogens is 216 g/mol. The predicted octanol–water partition coefficient (Wildman–Crippen LogP) is 2.15. The van der Waals surface area contributed by atoms with Crippen LogP contribution in [-0.4, -0.2) is 19.1 Å². The lowest BCUT2D eigenvalue weighted by molar-refractivity contribution is -0.114. The molecule has 0 radical (unpaired) electrons. The number of benzene rings is 1. The summed E-state index contributed by atoms with van der Waals surface area (Å²) in [5.41, 5.74) is 1.83. The summed E-state index contributed by atoms with van der Waals surface area (Å²) in [5, 5.41) is 6.09. The smallest absolute Gasteiger partial charge is 0.221 e. The van der Waals surface area contributed by atoms with E-state index in [1.54, 1.807) is 7.11 Å². The van der Waals surface area contributed by atoms with Gasteiger partial charge in [0.1, 0.15) is 5.75 Å². The molecule has 1 rings (SSSR count). The number of carbonyl (C=O) groups is 1. The Hall–Kier alpha value is -1.55. The Bertz CT molecular complexity index is 389. The van der Waals surface area contributed by atoms with Crippen molar-refractivity contribution < 1.29 is 9.53 Å². The molecule has 0 unspecified atom stereocenters. The topological polar surface area (TPSA) is 50.4 Å². The third kappa shape index (κ3) is 4.44. The molecule has 4 nitrogen and oxygen atoms in total. The van der Waals surface area contributed by atoms with Gasteiger partial charge in [-0.15, -0.1) is 0 Å². The van der Waals surface area contributed by atoms with E-state index in [0.717, 1.165) is 17.0 Å². The lowest BCUT2D eigenvalue weighted by atomic mass is 10.1. The molecule has 0 bridgehead atoms. The number of rotatable bonds is 5. The molecule has 0 spiro atoms. The average molecular weight is 236 g/mol. The van der Waals surface area contributed by atoms with Crippen LogP contribution in [0.25, 0.3) is 0 Å². The van der Waals surface area contributed by atoms with Crippen LogP contribution in [0.3, 0.4) is 0 Å². The molecule has 1 aromatic rings. The zero-order chi connectivity index (χ0) is 12.8. The minimum atomic E-state index is -0.0714. The molecular formula is C13H20N2O2. The van der Waals surface area contributed by atoms with Gasteiger partial charge in [-0.25, -0.2) is 0 Å². The van der Waals surface area contributed by atoms with E-state index in [1.807, 2.05) is 18.2 Å². The van der Waals surface area contributed by atoms with Crippen molar-refractivity contribution in [2.75, 3.05) is 12.4 Å². The summed E-state index contributed by atoms with van der Waals surface area (Å²) in [6.07, 6.45) is 0. The quantitative estimate of drug-likeness (QED) is 0.823. The standard InChI is InChI=1S/C13H20N2O2/c1-9(2)14-8-11-7-12(15-10(3)16)5-6-13(11)17-4/h5-7,9,14H,8H2,1-4H3,(H,15,16). The van der Waals surface area contributed by atoms with Crippen molar-refractivity contribution in [1.29, 1.82) is 0 Å². The SMILES string of the molecule is COc1ccc(NC(C)=O)cc1CNC(C)C. The Kier molecular flexibility index (Phi) is 4.97. The normalized spacial score (nSPS) is 10.4. The Morgan fingerprint density at radius 1 is 1.41 bits per heavy atom. The zero-order valence-electron chi connectivity index (χ0n) is 10.8. The Balaban J connectivity index is 2.85. The van der Waals surface area contributed by atoms with Crippen molar-refractivity contribution in [2.45, 2.75) is 33.4 Å². The van der Waals surface area contributed by atoms with E-state index in [4.69, 9.17) is 4.74 Å².